The van der Waals surface area contributed by atoms with Crippen LogP contribution in [0.15, 0.2) is 164 Å². The molecule has 0 saturated heterocycles. The molecule has 0 bridgehead atoms. The molecule has 46 heavy (non-hydrogen) atoms. The second-order valence-electron chi connectivity index (χ2n) is 11.0. The van der Waals surface area contributed by atoms with Gasteiger partial charge in [-0.3, -0.25) is 0 Å². The van der Waals surface area contributed by atoms with E-state index in [0.717, 1.165) is 55.5 Å². The molecule has 0 radical (unpaired) electrons. The lowest BCUT2D eigenvalue weighted by Gasteiger charge is -2.11. The second-order valence-corrected chi connectivity index (χ2v) is 11.0. The lowest BCUT2D eigenvalue weighted by Crippen LogP contribution is -2.00. The van der Waals surface area contributed by atoms with Gasteiger partial charge in [0.15, 0.2) is 23.3 Å². The van der Waals surface area contributed by atoms with Crippen LogP contribution in [0.4, 0.5) is 0 Å². The summed E-state index contributed by atoms with van der Waals surface area (Å²) in [7, 11) is 0. The third-order valence-corrected chi connectivity index (χ3v) is 7.92. The maximum atomic E-state index is 5.03. The second kappa shape index (κ2) is 12.0. The van der Waals surface area contributed by atoms with Crippen LogP contribution in [0, 0.1) is 0 Å². The Labute approximate surface area is 267 Å². The van der Waals surface area contributed by atoms with Crippen molar-refractivity contribution in [2.75, 3.05) is 0 Å². The minimum atomic E-state index is 0.625. The molecule has 0 amide bonds. The summed E-state index contributed by atoms with van der Waals surface area (Å²) in [5.41, 5.74) is 7.57. The van der Waals surface area contributed by atoms with Gasteiger partial charge in [0.2, 0.25) is 0 Å². The van der Waals surface area contributed by atoms with Gasteiger partial charge in [0.1, 0.15) is 0 Å². The Kier molecular flexibility index (Phi) is 7.09. The van der Waals surface area contributed by atoms with Gasteiger partial charge in [-0.25, -0.2) is 24.9 Å². The van der Waals surface area contributed by atoms with Crippen LogP contribution in [0.3, 0.4) is 0 Å². The molecule has 5 nitrogen and oxygen atoms in total. The number of benzene rings is 6. The molecule has 8 rings (SSSR count). The molecule has 8 aromatic rings. The molecule has 5 heteroatoms. The number of rotatable bonds is 6. The van der Waals surface area contributed by atoms with Crippen LogP contribution in [0.25, 0.3) is 78.8 Å². The third-order valence-electron chi connectivity index (χ3n) is 7.92. The van der Waals surface area contributed by atoms with Crippen LogP contribution >= 0.6 is 0 Å². The largest absolute Gasteiger partial charge is 0.228 e. The highest BCUT2D eigenvalue weighted by Gasteiger charge is 2.14. The third kappa shape index (κ3) is 5.53. The van der Waals surface area contributed by atoms with E-state index in [1.807, 2.05) is 109 Å². The summed E-state index contributed by atoms with van der Waals surface area (Å²) in [5.74, 6) is 2.60. The Bertz CT molecular complexity index is 2010. The smallest absolute Gasteiger partial charge is 0.164 e. The van der Waals surface area contributed by atoms with E-state index in [1.165, 1.54) is 0 Å². The molecule has 2 heterocycles. The Morgan fingerprint density at radius 1 is 0.239 bits per heavy atom. The zero-order valence-electron chi connectivity index (χ0n) is 24.8. The van der Waals surface area contributed by atoms with Crippen LogP contribution in [0.2, 0.25) is 0 Å². The summed E-state index contributed by atoms with van der Waals surface area (Å²) >= 11 is 0. The average molecular weight is 590 g/mol. The summed E-state index contributed by atoms with van der Waals surface area (Å²) in [6.07, 6.45) is 0. The van der Waals surface area contributed by atoms with Crippen molar-refractivity contribution in [2.45, 2.75) is 0 Å². The van der Waals surface area contributed by atoms with Crippen molar-refractivity contribution in [3.8, 4) is 68.1 Å². The highest BCUT2D eigenvalue weighted by molar-refractivity contribution is 5.90. The van der Waals surface area contributed by atoms with Crippen molar-refractivity contribution in [1.82, 2.24) is 24.9 Å². The maximum absolute atomic E-state index is 5.03. The topological polar surface area (TPSA) is 64.5 Å². The molecular weight excluding hydrogens is 562 g/mol. The van der Waals surface area contributed by atoms with E-state index in [-0.39, 0.29) is 0 Å². The molecule has 216 valence electrons. The summed E-state index contributed by atoms with van der Waals surface area (Å²) in [6.45, 7) is 0. The van der Waals surface area contributed by atoms with E-state index in [0.29, 0.717) is 23.3 Å². The predicted molar refractivity (Wildman–Crippen MR) is 186 cm³/mol. The van der Waals surface area contributed by atoms with Crippen LogP contribution in [0.5, 0.6) is 0 Å². The molecule has 0 unspecified atom stereocenters. The van der Waals surface area contributed by atoms with Crippen molar-refractivity contribution in [3.63, 3.8) is 0 Å². The minimum Gasteiger partial charge on any atom is -0.228 e. The summed E-state index contributed by atoms with van der Waals surface area (Å²) in [5, 5.41) is 2.19. The van der Waals surface area contributed by atoms with Crippen molar-refractivity contribution in [3.05, 3.63) is 164 Å². The van der Waals surface area contributed by atoms with Crippen molar-refractivity contribution < 1.29 is 0 Å². The molecule has 0 atom stereocenters. The van der Waals surface area contributed by atoms with Gasteiger partial charge >= 0.3 is 0 Å². The first-order valence-electron chi connectivity index (χ1n) is 15.2. The predicted octanol–water partition coefficient (Wildman–Crippen LogP) is 9.82. The molecule has 6 aromatic carbocycles. The number of nitrogens with zero attached hydrogens (tertiary/aromatic N) is 5. The van der Waals surface area contributed by atoms with Crippen molar-refractivity contribution in [1.29, 1.82) is 0 Å². The van der Waals surface area contributed by atoms with Crippen molar-refractivity contribution >= 4 is 10.8 Å². The van der Waals surface area contributed by atoms with E-state index in [9.17, 15) is 0 Å². The average Bonchev–Trinajstić information content (AvgIpc) is 3.15. The molecule has 0 saturated carbocycles. The highest BCUT2D eigenvalue weighted by Crippen LogP contribution is 2.32. The fourth-order valence-electron chi connectivity index (χ4n) is 5.55. The zero-order valence-corrected chi connectivity index (χ0v) is 24.8. The van der Waals surface area contributed by atoms with Crippen molar-refractivity contribution in [2.24, 2.45) is 0 Å². The van der Waals surface area contributed by atoms with Crippen LogP contribution < -0.4 is 0 Å². The first-order valence-corrected chi connectivity index (χ1v) is 15.2. The highest BCUT2D eigenvalue weighted by atomic mass is 15.0. The Morgan fingerprint density at radius 3 is 1.11 bits per heavy atom. The van der Waals surface area contributed by atoms with Crippen LogP contribution in [0.1, 0.15) is 0 Å². The van der Waals surface area contributed by atoms with Gasteiger partial charge in [0, 0.05) is 33.4 Å². The zero-order chi connectivity index (χ0) is 30.7. The minimum absolute atomic E-state index is 0.625. The number of hydrogen-bond donors (Lipinski definition) is 0. The van der Waals surface area contributed by atoms with Gasteiger partial charge in [-0.2, -0.15) is 0 Å². The normalized spacial score (nSPS) is 11.0. The summed E-state index contributed by atoms with van der Waals surface area (Å²) in [4.78, 5) is 24.7. The Morgan fingerprint density at radius 2 is 0.609 bits per heavy atom. The maximum Gasteiger partial charge on any atom is 0.164 e. The van der Waals surface area contributed by atoms with Gasteiger partial charge in [-0.15, -0.1) is 0 Å². The number of hydrogen-bond acceptors (Lipinski definition) is 5. The van der Waals surface area contributed by atoms with Gasteiger partial charge in [0.05, 0.1) is 11.4 Å². The molecular formula is C41H27N5. The SMILES string of the molecule is c1ccc(-c2cc(-c3ccc4ccc(-c5nc(-c6ccccc6)nc(-c6ccccc6)n5)cc4c3)nc(-c3ccccc3)n2)cc1. The molecule has 0 aliphatic rings. The molecule has 0 N–H and O–H groups in total. The Hall–Kier alpha value is -6.33. The molecule has 0 aliphatic carbocycles. The standard InChI is InChI=1S/C41H27N5/c1-5-13-29(14-6-1)36-27-37(43-38(42-36)30-15-7-2-8-16-30)33-23-21-28-22-24-34(26-35(28)25-33)41-45-39(31-17-9-3-10-18-31)44-40(46-41)32-19-11-4-12-20-32/h1-27H. The van der Waals surface area contributed by atoms with Crippen LogP contribution in [-0.4, -0.2) is 24.9 Å². The lowest BCUT2D eigenvalue weighted by atomic mass is 10.0. The van der Waals surface area contributed by atoms with Gasteiger partial charge in [-0.1, -0.05) is 146 Å². The fourth-order valence-corrected chi connectivity index (χ4v) is 5.55. The lowest BCUT2D eigenvalue weighted by molar-refractivity contribution is 1.07. The van der Waals surface area contributed by atoms with E-state index >= 15 is 0 Å². The molecule has 0 fully saturated rings. The molecule has 2 aromatic heterocycles. The van der Waals surface area contributed by atoms with Crippen LogP contribution in [-0.2, 0) is 0 Å². The number of fused-ring (bicyclic) bond motifs is 1. The monoisotopic (exact) mass is 589 g/mol. The Balaban J connectivity index is 1.25. The van der Waals surface area contributed by atoms with E-state index in [1.54, 1.807) is 0 Å². The first kappa shape index (κ1) is 27.2. The fraction of sp³-hybridized carbons (Fsp3) is 0. The van der Waals surface area contributed by atoms with Gasteiger partial charge < -0.3 is 0 Å². The quantitative estimate of drug-likeness (QED) is 0.193. The van der Waals surface area contributed by atoms with Gasteiger partial charge in [-0.05, 0) is 29.0 Å². The summed E-state index contributed by atoms with van der Waals surface area (Å²) in [6, 6.07) is 55.3. The van der Waals surface area contributed by atoms with E-state index in [2.05, 4.69) is 54.6 Å². The van der Waals surface area contributed by atoms with E-state index < -0.39 is 0 Å². The molecule has 0 spiro atoms. The molecule has 0 aliphatic heterocycles. The number of aromatic nitrogens is 5. The van der Waals surface area contributed by atoms with E-state index in [4.69, 9.17) is 24.9 Å². The first-order chi connectivity index (χ1) is 22.8. The summed E-state index contributed by atoms with van der Waals surface area (Å²) < 4.78 is 0. The van der Waals surface area contributed by atoms with Gasteiger partial charge in [0.25, 0.3) is 0 Å².